The Labute approximate surface area is 107 Å². The average molecular weight is 266 g/mol. The summed E-state index contributed by atoms with van der Waals surface area (Å²) in [5.41, 5.74) is 2.40. The Bertz CT molecular complexity index is 557. The molecular weight excluding hydrogens is 255 g/mol. The summed E-state index contributed by atoms with van der Waals surface area (Å²) in [6.07, 6.45) is 1.40. The zero-order valence-corrected chi connectivity index (χ0v) is 10.2. The molecule has 0 fully saturated rings. The lowest BCUT2D eigenvalue weighted by molar-refractivity contribution is 0.0952. The van der Waals surface area contributed by atoms with Crippen molar-refractivity contribution in [2.24, 2.45) is 5.84 Å². The van der Waals surface area contributed by atoms with Gasteiger partial charge >= 0.3 is 0 Å². The summed E-state index contributed by atoms with van der Waals surface area (Å²) < 4.78 is 18.6. The van der Waals surface area contributed by atoms with Crippen LogP contribution in [0.4, 0.5) is 4.39 Å². The number of carbonyl (C=O) groups is 1. The Balaban J connectivity index is 2.09. The van der Waals surface area contributed by atoms with Crippen LogP contribution in [0.1, 0.15) is 16.1 Å². The van der Waals surface area contributed by atoms with E-state index >= 15 is 0 Å². The normalized spacial score (nSPS) is 10.3. The summed E-state index contributed by atoms with van der Waals surface area (Å²) in [4.78, 5) is 11.9. The van der Waals surface area contributed by atoms with Gasteiger partial charge in [-0.3, -0.25) is 10.2 Å². The highest BCUT2D eigenvalue weighted by molar-refractivity contribution is 7.98. The van der Waals surface area contributed by atoms with Gasteiger partial charge in [0.25, 0.3) is 5.91 Å². The second-order valence-electron chi connectivity index (χ2n) is 3.45. The zero-order valence-electron chi connectivity index (χ0n) is 9.35. The van der Waals surface area contributed by atoms with Crippen molar-refractivity contribution < 1.29 is 13.6 Å². The average Bonchev–Trinajstić information content (AvgIpc) is 2.85. The Kier molecular flexibility index (Phi) is 4.01. The number of halogens is 1. The van der Waals surface area contributed by atoms with E-state index in [1.807, 2.05) is 5.43 Å². The van der Waals surface area contributed by atoms with E-state index in [9.17, 15) is 9.18 Å². The molecule has 2 aromatic rings. The van der Waals surface area contributed by atoms with Crippen molar-refractivity contribution in [3.05, 3.63) is 53.7 Å². The van der Waals surface area contributed by atoms with Gasteiger partial charge in [0, 0.05) is 4.90 Å². The summed E-state index contributed by atoms with van der Waals surface area (Å²) in [6, 6.07) is 7.96. The summed E-state index contributed by atoms with van der Waals surface area (Å²) >= 11 is 1.26. The van der Waals surface area contributed by atoms with Crippen LogP contribution in [0.25, 0.3) is 0 Å². The first-order valence-electron chi connectivity index (χ1n) is 5.17. The fourth-order valence-corrected chi connectivity index (χ4v) is 2.33. The highest BCUT2D eigenvalue weighted by Gasteiger charge is 2.14. The van der Waals surface area contributed by atoms with Crippen molar-refractivity contribution in [2.45, 2.75) is 10.6 Å². The van der Waals surface area contributed by atoms with Crippen molar-refractivity contribution in [3.8, 4) is 0 Å². The molecule has 3 N–H and O–H groups in total. The van der Waals surface area contributed by atoms with Gasteiger partial charge in [-0.1, -0.05) is 12.1 Å². The lowest BCUT2D eigenvalue weighted by atomic mass is 10.2. The monoisotopic (exact) mass is 266 g/mol. The molecule has 4 nitrogen and oxygen atoms in total. The van der Waals surface area contributed by atoms with Crippen molar-refractivity contribution in [2.75, 3.05) is 0 Å². The maximum Gasteiger partial charge on any atom is 0.268 e. The maximum absolute atomic E-state index is 13.4. The van der Waals surface area contributed by atoms with E-state index in [4.69, 9.17) is 10.3 Å². The number of nitrogens with two attached hydrogens (primary N) is 1. The first-order chi connectivity index (χ1) is 8.72. The molecule has 2 rings (SSSR count). The number of hydrogen-bond donors (Lipinski definition) is 2. The number of furan rings is 1. The summed E-state index contributed by atoms with van der Waals surface area (Å²) in [5.74, 6) is 5.16. The SMILES string of the molecule is NNC(=O)c1ccoc1CSc1ccccc1F. The molecule has 0 spiro atoms. The number of nitrogen functional groups attached to an aromatic ring is 1. The van der Waals surface area contributed by atoms with Crippen LogP contribution in [0.2, 0.25) is 0 Å². The van der Waals surface area contributed by atoms with Gasteiger partial charge in [0.15, 0.2) is 0 Å². The van der Waals surface area contributed by atoms with E-state index in [2.05, 4.69) is 0 Å². The third-order valence-corrected chi connectivity index (χ3v) is 3.37. The van der Waals surface area contributed by atoms with Crippen LogP contribution in [0.3, 0.4) is 0 Å². The number of benzene rings is 1. The number of thioether (sulfide) groups is 1. The summed E-state index contributed by atoms with van der Waals surface area (Å²) in [5, 5.41) is 0. The van der Waals surface area contributed by atoms with E-state index in [-0.39, 0.29) is 5.82 Å². The predicted molar refractivity (Wildman–Crippen MR) is 66.3 cm³/mol. The van der Waals surface area contributed by atoms with Gasteiger partial charge in [-0.25, -0.2) is 10.2 Å². The van der Waals surface area contributed by atoms with Crippen LogP contribution in [0.5, 0.6) is 0 Å². The molecule has 0 aliphatic carbocycles. The number of carbonyl (C=O) groups excluding carboxylic acids is 1. The second kappa shape index (κ2) is 5.70. The molecule has 1 aromatic heterocycles. The molecule has 0 radical (unpaired) electrons. The molecule has 0 atom stereocenters. The molecule has 0 unspecified atom stereocenters. The molecule has 6 heteroatoms. The molecule has 1 heterocycles. The molecule has 0 saturated heterocycles. The molecule has 0 bridgehead atoms. The van der Waals surface area contributed by atoms with Crippen LogP contribution in [0.15, 0.2) is 45.9 Å². The topological polar surface area (TPSA) is 68.3 Å². The van der Waals surface area contributed by atoms with Gasteiger partial charge in [0.05, 0.1) is 17.6 Å². The zero-order chi connectivity index (χ0) is 13.0. The fourth-order valence-electron chi connectivity index (χ4n) is 1.44. The Morgan fingerprint density at radius 2 is 2.17 bits per heavy atom. The third-order valence-electron chi connectivity index (χ3n) is 2.32. The van der Waals surface area contributed by atoms with Crippen molar-refractivity contribution in [1.82, 2.24) is 5.43 Å². The molecule has 94 valence electrons. The molecular formula is C12H11FN2O2S. The molecule has 1 amide bonds. The Morgan fingerprint density at radius 3 is 2.89 bits per heavy atom. The van der Waals surface area contributed by atoms with E-state index in [0.29, 0.717) is 22.0 Å². The first kappa shape index (κ1) is 12.7. The van der Waals surface area contributed by atoms with E-state index in [0.717, 1.165) is 0 Å². The number of rotatable bonds is 4. The number of amides is 1. The van der Waals surface area contributed by atoms with Crippen molar-refractivity contribution in [3.63, 3.8) is 0 Å². The van der Waals surface area contributed by atoms with E-state index in [1.54, 1.807) is 18.2 Å². The van der Waals surface area contributed by atoms with Crippen LogP contribution in [-0.4, -0.2) is 5.91 Å². The fraction of sp³-hybridized carbons (Fsp3) is 0.0833. The smallest absolute Gasteiger partial charge is 0.268 e. The van der Waals surface area contributed by atoms with Crippen molar-refractivity contribution in [1.29, 1.82) is 0 Å². The first-order valence-corrected chi connectivity index (χ1v) is 6.15. The highest BCUT2D eigenvalue weighted by atomic mass is 32.2. The van der Waals surface area contributed by atoms with Gasteiger partial charge in [-0.05, 0) is 18.2 Å². The molecule has 1 aromatic carbocycles. The van der Waals surface area contributed by atoms with Crippen LogP contribution in [-0.2, 0) is 5.75 Å². The van der Waals surface area contributed by atoms with Gasteiger partial charge in [-0.2, -0.15) is 0 Å². The van der Waals surface area contributed by atoms with Gasteiger partial charge in [0.2, 0.25) is 0 Å². The molecule has 18 heavy (non-hydrogen) atoms. The quantitative estimate of drug-likeness (QED) is 0.385. The largest absolute Gasteiger partial charge is 0.468 e. The second-order valence-corrected chi connectivity index (χ2v) is 4.47. The predicted octanol–water partition coefficient (Wildman–Crippen LogP) is 2.31. The van der Waals surface area contributed by atoms with Crippen molar-refractivity contribution >= 4 is 17.7 Å². The summed E-state index contributed by atoms with van der Waals surface area (Å²) in [7, 11) is 0. The Morgan fingerprint density at radius 1 is 1.39 bits per heavy atom. The highest BCUT2D eigenvalue weighted by Crippen LogP contribution is 2.26. The molecule has 0 saturated carbocycles. The van der Waals surface area contributed by atoms with E-state index in [1.165, 1.54) is 30.2 Å². The standard InChI is InChI=1S/C12H11FN2O2S/c13-9-3-1-2-4-11(9)18-7-10-8(5-6-17-10)12(16)15-14/h1-6H,7,14H2,(H,15,16). The van der Waals surface area contributed by atoms with Crippen LogP contribution >= 0.6 is 11.8 Å². The van der Waals surface area contributed by atoms with Gasteiger partial charge < -0.3 is 4.42 Å². The van der Waals surface area contributed by atoms with Gasteiger partial charge in [-0.15, -0.1) is 11.8 Å². The van der Waals surface area contributed by atoms with Gasteiger partial charge in [0.1, 0.15) is 11.6 Å². The number of nitrogens with one attached hydrogen (secondary N) is 1. The number of hydrogen-bond acceptors (Lipinski definition) is 4. The lowest BCUT2D eigenvalue weighted by Crippen LogP contribution is -2.30. The molecule has 0 aliphatic heterocycles. The maximum atomic E-state index is 13.4. The minimum Gasteiger partial charge on any atom is -0.468 e. The minimum atomic E-state index is -0.423. The number of hydrazine groups is 1. The van der Waals surface area contributed by atoms with E-state index < -0.39 is 5.91 Å². The Hall–Kier alpha value is -1.79. The van der Waals surface area contributed by atoms with Crippen LogP contribution in [0, 0.1) is 5.82 Å². The minimum absolute atomic E-state index is 0.293. The molecule has 0 aliphatic rings. The lowest BCUT2D eigenvalue weighted by Gasteiger charge is -2.03. The summed E-state index contributed by atoms with van der Waals surface area (Å²) in [6.45, 7) is 0. The third kappa shape index (κ3) is 2.72. The van der Waals surface area contributed by atoms with Crippen LogP contribution < -0.4 is 11.3 Å².